The molecule has 0 saturated carbocycles. The molecule has 0 aliphatic rings. The number of aromatic nitrogens is 2. The predicted molar refractivity (Wildman–Crippen MR) is 121 cm³/mol. The second-order valence-electron chi connectivity index (χ2n) is 6.71. The van der Waals surface area contributed by atoms with E-state index in [0.717, 1.165) is 11.1 Å². The summed E-state index contributed by atoms with van der Waals surface area (Å²) in [7, 11) is 0. The molecular weight excluding hydrogens is 406 g/mol. The van der Waals surface area contributed by atoms with E-state index in [1.165, 1.54) is 18.3 Å². The Bertz CT molecular complexity index is 1230. The van der Waals surface area contributed by atoms with Crippen molar-refractivity contribution < 1.29 is 9.72 Å². The molecule has 0 aliphatic heterocycles. The van der Waals surface area contributed by atoms with Gasteiger partial charge >= 0.3 is 5.91 Å². The summed E-state index contributed by atoms with van der Waals surface area (Å²) >= 11 is 0. The van der Waals surface area contributed by atoms with Crippen LogP contribution in [0.5, 0.6) is 0 Å². The van der Waals surface area contributed by atoms with Crippen LogP contribution in [0.2, 0.25) is 0 Å². The Labute approximate surface area is 183 Å². The van der Waals surface area contributed by atoms with Crippen molar-refractivity contribution in [3.05, 3.63) is 112 Å². The van der Waals surface area contributed by atoms with Crippen LogP contribution >= 0.6 is 0 Å². The molecule has 0 saturated heterocycles. The van der Waals surface area contributed by atoms with E-state index in [4.69, 9.17) is 0 Å². The summed E-state index contributed by atoms with van der Waals surface area (Å²) < 4.78 is 0. The van der Waals surface area contributed by atoms with Crippen molar-refractivity contribution in [2.45, 2.75) is 0 Å². The number of carbonyl (C=O) groups is 1. The fraction of sp³-hybridized carbons (Fsp3) is 0. The van der Waals surface area contributed by atoms with Gasteiger partial charge in [-0.05, 0) is 12.1 Å². The highest BCUT2D eigenvalue weighted by molar-refractivity contribution is 5.93. The zero-order valence-electron chi connectivity index (χ0n) is 16.8. The minimum atomic E-state index is -0.630. The Morgan fingerprint density at radius 3 is 1.94 bits per heavy atom. The maximum atomic E-state index is 12.7. The van der Waals surface area contributed by atoms with Gasteiger partial charge in [-0.1, -0.05) is 72.8 Å². The van der Waals surface area contributed by atoms with Gasteiger partial charge in [-0.15, -0.1) is 0 Å². The number of nitro benzene ring substituents is 1. The van der Waals surface area contributed by atoms with Crippen LogP contribution in [0, 0.1) is 10.1 Å². The van der Waals surface area contributed by atoms with Gasteiger partial charge in [0.05, 0.1) is 28.1 Å². The third kappa shape index (κ3) is 4.71. The first-order valence-corrected chi connectivity index (χ1v) is 9.68. The van der Waals surface area contributed by atoms with Crippen molar-refractivity contribution in [3.8, 4) is 22.5 Å². The van der Waals surface area contributed by atoms with E-state index in [2.05, 4.69) is 20.5 Å². The lowest BCUT2D eigenvalue weighted by Crippen LogP contribution is -2.21. The van der Waals surface area contributed by atoms with E-state index in [1.807, 2.05) is 66.7 Å². The topological polar surface area (TPSA) is 110 Å². The van der Waals surface area contributed by atoms with Crippen LogP contribution in [0.3, 0.4) is 0 Å². The number of amides is 1. The van der Waals surface area contributed by atoms with Crippen LogP contribution in [0.1, 0.15) is 16.2 Å². The van der Waals surface area contributed by atoms with Gasteiger partial charge in [0.1, 0.15) is 0 Å². The average Bonchev–Trinajstić information content (AvgIpc) is 2.85. The zero-order chi connectivity index (χ0) is 22.3. The first-order valence-electron chi connectivity index (χ1n) is 9.68. The van der Waals surface area contributed by atoms with Crippen molar-refractivity contribution in [2.75, 3.05) is 0 Å². The molecular formula is C24H17N5O3. The van der Waals surface area contributed by atoms with Gasteiger partial charge in [-0.2, -0.15) is 5.10 Å². The minimum Gasteiger partial charge on any atom is -0.264 e. The lowest BCUT2D eigenvalue weighted by Gasteiger charge is -2.08. The molecule has 0 spiro atoms. The number of nitrogens with one attached hydrogen (secondary N) is 1. The highest BCUT2D eigenvalue weighted by Crippen LogP contribution is 2.23. The Hall–Kier alpha value is -4.72. The molecule has 0 atom stereocenters. The molecule has 4 rings (SSSR count). The van der Waals surface area contributed by atoms with Crippen molar-refractivity contribution in [3.63, 3.8) is 0 Å². The number of nitro groups is 1. The fourth-order valence-corrected chi connectivity index (χ4v) is 3.04. The number of carbonyl (C=O) groups excluding carboxylic acids is 1. The van der Waals surface area contributed by atoms with Crippen LogP contribution in [-0.4, -0.2) is 27.0 Å². The van der Waals surface area contributed by atoms with Crippen LogP contribution in [0.15, 0.2) is 96.1 Å². The Morgan fingerprint density at radius 1 is 0.844 bits per heavy atom. The Morgan fingerprint density at radius 2 is 1.38 bits per heavy atom. The van der Waals surface area contributed by atoms with Crippen LogP contribution < -0.4 is 5.43 Å². The fourth-order valence-electron chi connectivity index (χ4n) is 3.04. The standard InChI is InChI=1S/C24H17N5O3/c30-24(28-25-16-19-13-7-8-14-22(19)29(31)32)23-26-20(17-9-3-1-4-10-17)15-21(27-23)18-11-5-2-6-12-18/h1-16H,(H,28,30)/b25-16+. The monoisotopic (exact) mass is 423 g/mol. The van der Waals surface area contributed by atoms with Gasteiger partial charge in [0.25, 0.3) is 5.69 Å². The summed E-state index contributed by atoms with van der Waals surface area (Å²) in [6.45, 7) is 0. The summed E-state index contributed by atoms with van der Waals surface area (Å²) in [4.78, 5) is 32.1. The molecule has 8 heteroatoms. The number of hydrazone groups is 1. The van der Waals surface area contributed by atoms with Crippen molar-refractivity contribution in [1.82, 2.24) is 15.4 Å². The van der Waals surface area contributed by atoms with E-state index < -0.39 is 10.8 Å². The average molecular weight is 423 g/mol. The number of nitrogens with zero attached hydrogens (tertiary/aromatic N) is 4. The molecule has 1 amide bonds. The van der Waals surface area contributed by atoms with Crippen LogP contribution in [-0.2, 0) is 0 Å². The molecule has 0 fully saturated rings. The summed E-state index contributed by atoms with van der Waals surface area (Å²) in [5, 5.41) is 15.0. The normalized spacial score (nSPS) is 10.8. The van der Waals surface area contributed by atoms with E-state index in [0.29, 0.717) is 11.4 Å². The van der Waals surface area contributed by atoms with Crippen molar-refractivity contribution >= 4 is 17.8 Å². The molecule has 0 aliphatic carbocycles. The second kappa shape index (κ2) is 9.40. The van der Waals surface area contributed by atoms with E-state index in [1.54, 1.807) is 12.1 Å². The number of benzene rings is 3. The molecule has 32 heavy (non-hydrogen) atoms. The summed E-state index contributed by atoms with van der Waals surface area (Å²) in [6.07, 6.45) is 1.22. The number of hydrogen-bond donors (Lipinski definition) is 1. The van der Waals surface area contributed by atoms with Gasteiger partial charge in [0.2, 0.25) is 5.82 Å². The maximum Gasteiger partial charge on any atom is 0.309 e. The SMILES string of the molecule is O=C(N/N=C/c1ccccc1[N+](=O)[O-])c1nc(-c2ccccc2)cc(-c2ccccc2)n1. The second-order valence-corrected chi connectivity index (χ2v) is 6.71. The highest BCUT2D eigenvalue weighted by Gasteiger charge is 2.15. The minimum absolute atomic E-state index is 0.0649. The van der Waals surface area contributed by atoms with Crippen LogP contribution in [0.25, 0.3) is 22.5 Å². The Kier molecular flexibility index (Phi) is 6.03. The maximum absolute atomic E-state index is 12.7. The number of rotatable bonds is 6. The molecule has 156 valence electrons. The summed E-state index contributed by atoms with van der Waals surface area (Å²) in [5.74, 6) is -0.695. The third-order valence-corrected chi connectivity index (χ3v) is 4.57. The van der Waals surface area contributed by atoms with Crippen LogP contribution in [0.4, 0.5) is 5.69 Å². The van der Waals surface area contributed by atoms with Gasteiger partial charge in [0, 0.05) is 17.2 Å². The Balaban J connectivity index is 1.65. The largest absolute Gasteiger partial charge is 0.309 e. The van der Waals surface area contributed by atoms with Gasteiger partial charge in [-0.25, -0.2) is 15.4 Å². The molecule has 0 unspecified atom stereocenters. The molecule has 3 aromatic carbocycles. The molecule has 1 aromatic heterocycles. The van der Waals surface area contributed by atoms with E-state index in [-0.39, 0.29) is 17.1 Å². The predicted octanol–water partition coefficient (Wildman–Crippen LogP) is 4.48. The van der Waals surface area contributed by atoms with Crippen molar-refractivity contribution in [1.29, 1.82) is 0 Å². The number of para-hydroxylation sites is 1. The quantitative estimate of drug-likeness (QED) is 0.279. The van der Waals surface area contributed by atoms with E-state index >= 15 is 0 Å². The van der Waals surface area contributed by atoms with Crippen molar-refractivity contribution in [2.24, 2.45) is 5.10 Å². The lowest BCUT2D eigenvalue weighted by atomic mass is 10.1. The molecule has 1 N–H and O–H groups in total. The zero-order valence-corrected chi connectivity index (χ0v) is 16.8. The lowest BCUT2D eigenvalue weighted by molar-refractivity contribution is -0.385. The van der Waals surface area contributed by atoms with Gasteiger partial charge < -0.3 is 0 Å². The van der Waals surface area contributed by atoms with E-state index in [9.17, 15) is 14.9 Å². The smallest absolute Gasteiger partial charge is 0.264 e. The molecule has 0 bridgehead atoms. The first kappa shape index (κ1) is 20.5. The third-order valence-electron chi connectivity index (χ3n) is 4.57. The van der Waals surface area contributed by atoms with Gasteiger partial charge in [-0.3, -0.25) is 14.9 Å². The number of hydrogen-bond acceptors (Lipinski definition) is 6. The summed E-state index contributed by atoms with van der Waals surface area (Å²) in [6, 6.07) is 26.8. The molecule has 4 aromatic rings. The van der Waals surface area contributed by atoms with Gasteiger partial charge in [0.15, 0.2) is 0 Å². The summed E-state index contributed by atoms with van der Waals surface area (Å²) in [5.41, 5.74) is 5.36. The molecule has 8 nitrogen and oxygen atoms in total. The highest BCUT2D eigenvalue weighted by atomic mass is 16.6. The molecule has 0 radical (unpaired) electrons. The molecule has 1 heterocycles. The first-order chi connectivity index (χ1) is 15.6.